The second kappa shape index (κ2) is 9.53. The van der Waals surface area contributed by atoms with Crippen molar-refractivity contribution in [2.45, 2.75) is 42.6 Å². The van der Waals surface area contributed by atoms with E-state index < -0.39 is 33.8 Å². The van der Waals surface area contributed by atoms with Crippen molar-refractivity contribution in [2.75, 3.05) is 26.2 Å². The zero-order chi connectivity index (χ0) is 24.6. The maximum Gasteiger partial charge on any atom is 0.244 e. The molecule has 2 heterocycles. The van der Waals surface area contributed by atoms with Crippen LogP contribution in [0, 0.1) is 5.41 Å². The predicted molar refractivity (Wildman–Crippen MR) is 128 cm³/mol. The molecule has 5 rings (SSSR count). The minimum Gasteiger partial charge on any atom is -0.492 e. The molecule has 1 aliphatic heterocycles. The lowest BCUT2D eigenvalue weighted by Gasteiger charge is -2.36. The maximum absolute atomic E-state index is 12.9. The molecule has 2 aliphatic rings. The maximum atomic E-state index is 12.9. The number of aliphatic hydroxyl groups excluding tert-OH is 3. The predicted octanol–water partition coefficient (Wildman–Crippen LogP) is 1.47. The Labute approximate surface area is 204 Å². The summed E-state index contributed by atoms with van der Waals surface area (Å²) in [5.41, 5.74) is 0.0974. The molecule has 0 bridgehead atoms. The zero-order valence-electron chi connectivity index (χ0n) is 19.2. The second-order valence-electron chi connectivity index (χ2n) is 9.70. The van der Waals surface area contributed by atoms with Crippen LogP contribution in [0.25, 0.3) is 11.0 Å². The van der Waals surface area contributed by atoms with Gasteiger partial charge in [-0.25, -0.2) is 13.1 Å². The third-order valence-electron chi connectivity index (χ3n) is 6.79. The number of furan rings is 1. The molecule has 3 aromatic rings. The number of nitrogens with one attached hydrogen (secondary N) is 1. The average molecular weight is 503 g/mol. The number of benzene rings is 2. The molecule has 1 aliphatic carbocycles. The summed E-state index contributed by atoms with van der Waals surface area (Å²) in [6.07, 6.45) is -2.24. The Hall–Kier alpha value is -2.47. The number of rotatable bonds is 2. The van der Waals surface area contributed by atoms with Gasteiger partial charge in [-0.2, -0.15) is 0 Å². The highest BCUT2D eigenvalue weighted by Gasteiger charge is 2.46. The quantitative estimate of drug-likeness (QED) is 0.414. The fourth-order valence-corrected chi connectivity index (χ4v) is 6.42. The molecule has 188 valence electrons. The summed E-state index contributed by atoms with van der Waals surface area (Å²) in [4.78, 5) is 1.96. The summed E-state index contributed by atoms with van der Waals surface area (Å²) < 4.78 is 40.4. The zero-order valence-corrected chi connectivity index (χ0v) is 20.0. The van der Waals surface area contributed by atoms with E-state index in [1.807, 2.05) is 35.2 Å². The van der Waals surface area contributed by atoms with Gasteiger partial charge in [-0.3, -0.25) is 4.90 Å². The lowest BCUT2D eigenvalue weighted by atomic mass is 9.85. The third kappa shape index (κ3) is 5.23. The minimum absolute atomic E-state index is 0.0128. The van der Waals surface area contributed by atoms with Crippen LogP contribution in [0.3, 0.4) is 0 Å². The first-order valence-electron chi connectivity index (χ1n) is 11.7. The number of hydrogen-bond donors (Lipinski definition) is 4. The van der Waals surface area contributed by atoms with Crippen LogP contribution in [-0.4, -0.2) is 73.2 Å². The highest BCUT2D eigenvalue weighted by Crippen LogP contribution is 2.41. The van der Waals surface area contributed by atoms with Gasteiger partial charge in [0.1, 0.15) is 22.0 Å². The molecule has 1 spiro atoms. The molecule has 2 aromatic carbocycles. The second-order valence-corrected chi connectivity index (χ2v) is 11.4. The van der Waals surface area contributed by atoms with Crippen LogP contribution in [0.15, 0.2) is 63.9 Å². The van der Waals surface area contributed by atoms with Crippen LogP contribution in [0.4, 0.5) is 0 Å². The van der Waals surface area contributed by atoms with Crippen LogP contribution >= 0.6 is 0 Å². The van der Waals surface area contributed by atoms with Crippen molar-refractivity contribution < 1.29 is 32.9 Å². The van der Waals surface area contributed by atoms with Crippen molar-refractivity contribution in [3.63, 3.8) is 0 Å². The summed E-state index contributed by atoms with van der Waals surface area (Å²) >= 11 is 0. The standard InChI is InChI=1S/C25H30N2O7S/c28-18-12-26-35(31,32)24-8-4-3-7-23(24)33-16-25(10-20(29)21(30)11-25)15-27(13-18)14-19-9-17-5-1-2-6-22(17)34-19/h1-9,18,20-21,26,28-30H,10-16H2/t18-,20-,21+,25?/m0/s1. The molecule has 1 unspecified atom stereocenters. The first-order chi connectivity index (χ1) is 16.7. The first-order valence-corrected chi connectivity index (χ1v) is 13.2. The van der Waals surface area contributed by atoms with E-state index in [1.54, 1.807) is 18.2 Å². The SMILES string of the molecule is O=S1(=O)NC[C@H](O)CN(Cc2cc3ccccc3o2)CC2(COc3ccccc31)C[C@@H](O)[C@@H](O)C2. The van der Waals surface area contributed by atoms with Gasteiger partial charge in [0.15, 0.2) is 0 Å². The summed E-state index contributed by atoms with van der Waals surface area (Å²) in [5, 5.41) is 32.5. The number of para-hydroxylation sites is 2. The molecule has 0 amide bonds. The molecule has 0 radical (unpaired) electrons. The number of ether oxygens (including phenoxy) is 1. The average Bonchev–Trinajstić information content (AvgIpc) is 3.35. The molecule has 4 N–H and O–H groups in total. The normalized spacial score (nSPS) is 29.9. The molecule has 4 atom stereocenters. The van der Waals surface area contributed by atoms with Gasteiger partial charge in [0.05, 0.1) is 31.5 Å². The highest BCUT2D eigenvalue weighted by molar-refractivity contribution is 7.89. The Bertz CT molecular complexity index is 1250. The molecule has 10 heteroatoms. The van der Waals surface area contributed by atoms with E-state index in [9.17, 15) is 23.7 Å². The van der Waals surface area contributed by atoms with Crippen LogP contribution in [0.2, 0.25) is 0 Å². The van der Waals surface area contributed by atoms with Crippen LogP contribution in [-0.2, 0) is 16.6 Å². The van der Waals surface area contributed by atoms with Crippen molar-refractivity contribution in [2.24, 2.45) is 5.41 Å². The Morgan fingerprint density at radius 2 is 1.74 bits per heavy atom. The summed E-state index contributed by atoms with van der Waals surface area (Å²) in [6, 6.07) is 15.9. The van der Waals surface area contributed by atoms with Crippen molar-refractivity contribution in [1.29, 1.82) is 0 Å². The fourth-order valence-electron chi connectivity index (χ4n) is 5.20. The van der Waals surface area contributed by atoms with E-state index in [0.29, 0.717) is 18.8 Å². The summed E-state index contributed by atoms with van der Waals surface area (Å²) in [7, 11) is -3.92. The van der Waals surface area contributed by atoms with E-state index in [4.69, 9.17) is 9.15 Å². The Morgan fingerprint density at radius 1 is 1.03 bits per heavy atom. The molecular formula is C25H30N2O7S. The number of aliphatic hydroxyl groups is 3. The molecule has 1 saturated carbocycles. The van der Waals surface area contributed by atoms with Gasteiger partial charge in [-0.05, 0) is 37.1 Å². The van der Waals surface area contributed by atoms with E-state index in [0.717, 1.165) is 11.0 Å². The largest absolute Gasteiger partial charge is 0.492 e. The van der Waals surface area contributed by atoms with Gasteiger partial charge >= 0.3 is 0 Å². The Balaban J connectivity index is 1.48. The number of sulfonamides is 1. The molecule has 0 saturated heterocycles. The Kier molecular flexibility index (Phi) is 6.60. The summed E-state index contributed by atoms with van der Waals surface area (Å²) in [5.74, 6) is 0.890. The number of fused-ring (bicyclic) bond motifs is 2. The van der Waals surface area contributed by atoms with E-state index in [-0.39, 0.29) is 43.2 Å². The number of β-amino-alcohol motifs (C(OH)–C–C–N with tert-alkyl or cyclic N) is 1. The number of nitrogens with zero attached hydrogens (tertiary/aromatic N) is 1. The van der Waals surface area contributed by atoms with Gasteiger partial charge in [0.25, 0.3) is 0 Å². The lowest BCUT2D eigenvalue weighted by molar-refractivity contribution is 0.0400. The minimum atomic E-state index is -3.92. The Morgan fingerprint density at radius 3 is 2.51 bits per heavy atom. The topological polar surface area (TPSA) is 132 Å². The molecule has 1 aromatic heterocycles. The van der Waals surface area contributed by atoms with Crippen LogP contribution in [0.1, 0.15) is 18.6 Å². The number of hydrogen-bond acceptors (Lipinski definition) is 8. The van der Waals surface area contributed by atoms with Crippen molar-refractivity contribution in [1.82, 2.24) is 9.62 Å². The fraction of sp³-hybridized carbons (Fsp3) is 0.440. The highest BCUT2D eigenvalue weighted by atomic mass is 32.2. The van der Waals surface area contributed by atoms with Gasteiger partial charge in [-0.1, -0.05) is 30.3 Å². The summed E-state index contributed by atoms with van der Waals surface area (Å²) in [6.45, 7) is 0.855. The van der Waals surface area contributed by atoms with Gasteiger partial charge in [-0.15, -0.1) is 0 Å². The third-order valence-corrected chi connectivity index (χ3v) is 8.26. The van der Waals surface area contributed by atoms with Gasteiger partial charge < -0.3 is 24.5 Å². The molecular weight excluding hydrogens is 472 g/mol. The smallest absolute Gasteiger partial charge is 0.244 e. The lowest BCUT2D eigenvalue weighted by Crippen LogP contribution is -2.46. The van der Waals surface area contributed by atoms with Gasteiger partial charge in [0, 0.05) is 30.4 Å². The van der Waals surface area contributed by atoms with E-state index >= 15 is 0 Å². The van der Waals surface area contributed by atoms with E-state index in [1.165, 1.54) is 6.07 Å². The molecule has 1 fully saturated rings. The van der Waals surface area contributed by atoms with Gasteiger partial charge in [0.2, 0.25) is 10.0 Å². The van der Waals surface area contributed by atoms with E-state index in [2.05, 4.69) is 4.72 Å². The van der Waals surface area contributed by atoms with Crippen molar-refractivity contribution in [3.8, 4) is 5.75 Å². The van der Waals surface area contributed by atoms with Crippen LogP contribution < -0.4 is 9.46 Å². The van der Waals surface area contributed by atoms with Crippen molar-refractivity contribution in [3.05, 3.63) is 60.4 Å². The van der Waals surface area contributed by atoms with Crippen molar-refractivity contribution >= 4 is 21.0 Å². The first kappa shape index (κ1) is 24.2. The molecule has 9 nitrogen and oxygen atoms in total. The molecule has 35 heavy (non-hydrogen) atoms. The van der Waals surface area contributed by atoms with Crippen LogP contribution in [0.5, 0.6) is 5.75 Å². The monoisotopic (exact) mass is 502 g/mol.